The zero-order chi connectivity index (χ0) is 22.8. The van der Waals surface area contributed by atoms with Crippen LogP contribution in [0.4, 0.5) is 5.69 Å². The van der Waals surface area contributed by atoms with E-state index in [1.807, 2.05) is 12.1 Å². The number of aromatic nitrogens is 4. The molecule has 2 aromatic heterocycles. The van der Waals surface area contributed by atoms with Gasteiger partial charge in [0.05, 0.1) is 10.6 Å². The van der Waals surface area contributed by atoms with Crippen LogP contribution in [0.3, 0.4) is 0 Å². The van der Waals surface area contributed by atoms with Gasteiger partial charge >= 0.3 is 0 Å². The predicted octanol–water partition coefficient (Wildman–Crippen LogP) is 3.19. The van der Waals surface area contributed by atoms with E-state index in [-0.39, 0.29) is 16.6 Å². The molecule has 3 heterocycles. The fraction of sp³-hybridized carbons (Fsp3) is 0.364. The van der Waals surface area contributed by atoms with Crippen LogP contribution in [0, 0.1) is 0 Å². The Balaban J connectivity index is 1.26. The van der Waals surface area contributed by atoms with E-state index in [1.165, 1.54) is 22.1 Å². The summed E-state index contributed by atoms with van der Waals surface area (Å²) in [6, 6.07) is 10.6. The molecule has 33 heavy (non-hydrogen) atoms. The van der Waals surface area contributed by atoms with Crippen LogP contribution in [-0.2, 0) is 14.8 Å². The van der Waals surface area contributed by atoms with E-state index in [0.29, 0.717) is 30.0 Å². The molecule has 1 aliphatic heterocycles. The monoisotopic (exact) mass is 484 g/mol. The minimum Gasteiger partial charge on any atom is -0.325 e. The highest BCUT2D eigenvalue weighted by Gasteiger charge is 2.30. The first kappa shape index (κ1) is 22.1. The summed E-state index contributed by atoms with van der Waals surface area (Å²) in [5.74, 6) is 0.693. The highest BCUT2D eigenvalue weighted by atomic mass is 32.2. The minimum absolute atomic E-state index is 0.143. The minimum atomic E-state index is -3.53. The molecule has 1 saturated heterocycles. The number of nitrogens with zero attached hydrogens (tertiary/aromatic N) is 5. The molecule has 1 amide bonds. The summed E-state index contributed by atoms with van der Waals surface area (Å²) in [6.07, 6.45) is 7.32. The van der Waals surface area contributed by atoms with Gasteiger partial charge in [0, 0.05) is 42.8 Å². The normalized spacial score (nSPS) is 16.7. The van der Waals surface area contributed by atoms with E-state index >= 15 is 0 Å². The average molecular weight is 485 g/mol. The topological polar surface area (TPSA) is 110 Å². The van der Waals surface area contributed by atoms with Crippen molar-refractivity contribution in [3.8, 4) is 11.4 Å². The highest BCUT2D eigenvalue weighted by molar-refractivity contribution is 7.99. The number of benzene rings is 1. The van der Waals surface area contributed by atoms with Crippen molar-refractivity contribution in [2.45, 2.75) is 41.8 Å². The number of hydrogen-bond donors (Lipinski definition) is 1. The van der Waals surface area contributed by atoms with Gasteiger partial charge in [-0.1, -0.05) is 17.8 Å². The van der Waals surface area contributed by atoms with Gasteiger partial charge in [0.15, 0.2) is 11.0 Å². The molecular weight excluding hydrogens is 460 g/mol. The van der Waals surface area contributed by atoms with Crippen molar-refractivity contribution in [1.82, 2.24) is 24.1 Å². The molecule has 1 aromatic carbocycles. The van der Waals surface area contributed by atoms with Crippen LogP contribution < -0.4 is 5.32 Å². The Kier molecular flexibility index (Phi) is 6.17. The zero-order valence-corrected chi connectivity index (χ0v) is 19.6. The second kappa shape index (κ2) is 9.24. The number of hydrogen-bond acceptors (Lipinski definition) is 7. The van der Waals surface area contributed by atoms with Crippen LogP contribution in [0.5, 0.6) is 0 Å². The molecular formula is C22H24N6O3S2. The van der Waals surface area contributed by atoms with Crippen LogP contribution in [-0.4, -0.2) is 57.2 Å². The van der Waals surface area contributed by atoms with Gasteiger partial charge in [-0.3, -0.25) is 14.3 Å². The van der Waals surface area contributed by atoms with Crippen LogP contribution >= 0.6 is 11.8 Å². The fourth-order valence-corrected chi connectivity index (χ4v) is 6.24. The maximum Gasteiger partial charge on any atom is 0.243 e. The molecule has 5 rings (SSSR count). The Morgan fingerprint density at radius 1 is 1.09 bits per heavy atom. The van der Waals surface area contributed by atoms with Gasteiger partial charge in [0.1, 0.15) is 0 Å². The molecule has 1 N–H and O–H groups in total. The number of carbonyl (C=O) groups excluding carboxylic acids is 1. The molecule has 0 radical (unpaired) electrons. The van der Waals surface area contributed by atoms with E-state index in [1.54, 1.807) is 30.6 Å². The van der Waals surface area contributed by atoms with E-state index < -0.39 is 10.0 Å². The van der Waals surface area contributed by atoms with Crippen LogP contribution in [0.25, 0.3) is 11.4 Å². The molecule has 0 atom stereocenters. The summed E-state index contributed by atoms with van der Waals surface area (Å²) in [5, 5.41) is 12.2. The molecule has 9 nitrogen and oxygen atoms in total. The maximum absolute atomic E-state index is 12.8. The number of anilines is 1. The summed E-state index contributed by atoms with van der Waals surface area (Å²) in [7, 11) is -3.53. The molecule has 0 spiro atoms. The van der Waals surface area contributed by atoms with Crippen molar-refractivity contribution in [3.05, 3.63) is 48.8 Å². The van der Waals surface area contributed by atoms with Crippen LogP contribution in [0.2, 0.25) is 0 Å². The molecule has 3 aromatic rings. The maximum atomic E-state index is 12.8. The van der Waals surface area contributed by atoms with Crippen molar-refractivity contribution < 1.29 is 13.2 Å². The lowest BCUT2D eigenvalue weighted by molar-refractivity contribution is -0.113. The van der Waals surface area contributed by atoms with Gasteiger partial charge in [0.25, 0.3) is 0 Å². The molecule has 1 aliphatic carbocycles. The van der Waals surface area contributed by atoms with E-state index in [9.17, 15) is 13.2 Å². The molecule has 172 valence electrons. The average Bonchev–Trinajstić information content (AvgIpc) is 3.33. The number of nitrogens with one attached hydrogen (secondary N) is 1. The second-order valence-corrected chi connectivity index (χ2v) is 11.0. The largest absolute Gasteiger partial charge is 0.325 e. The second-order valence-electron chi connectivity index (χ2n) is 8.12. The molecule has 2 fully saturated rings. The summed E-state index contributed by atoms with van der Waals surface area (Å²) in [4.78, 5) is 16.9. The lowest BCUT2D eigenvalue weighted by Crippen LogP contribution is -2.28. The summed E-state index contributed by atoms with van der Waals surface area (Å²) in [5.41, 5.74) is 1.40. The zero-order valence-electron chi connectivity index (χ0n) is 17.9. The van der Waals surface area contributed by atoms with Crippen LogP contribution in [0.1, 0.15) is 31.7 Å². The first-order valence-electron chi connectivity index (χ1n) is 10.9. The molecule has 2 aliphatic rings. The first-order valence-corrected chi connectivity index (χ1v) is 13.3. The van der Waals surface area contributed by atoms with Gasteiger partial charge < -0.3 is 5.32 Å². The fourth-order valence-electron chi connectivity index (χ4n) is 3.87. The van der Waals surface area contributed by atoms with Gasteiger partial charge in [-0.05, 0) is 56.0 Å². The van der Waals surface area contributed by atoms with Crippen molar-refractivity contribution in [2.24, 2.45) is 0 Å². The third kappa shape index (κ3) is 4.80. The number of sulfonamides is 1. The van der Waals surface area contributed by atoms with Gasteiger partial charge in [-0.2, -0.15) is 4.31 Å². The molecule has 1 saturated carbocycles. The SMILES string of the molecule is O=C(CSc1nnc(-c2ccncc2)n1C1CC1)Nc1cccc(S(=O)(=O)N2CCCC2)c1. The smallest absolute Gasteiger partial charge is 0.243 e. The number of pyridine rings is 1. The van der Waals surface area contributed by atoms with E-state index in [4.69, 9.17) is 0 Å². The Bertz CT molecular complexity index is 1250. The van der Waals surface area contributed by atoms with Crippen molar-refractivity contribution in [1.29, 1.82) is 0 Å². The quantitative estimate of drug-likeness (QED) is 0.489. The number of amides is 1. The summed E-state index contributed by atoms with van der Waals surface area (Å²) < 4.78 is 29.2. The first-order chi connectivity index (χ1) is 16.0. The lowest BCUT2D eigenvalue weighted by Gasteiger charge is -2.16. The number of thioether (sulfide) groups is 1. The standard InChI is InChI=1S/C22H24N6O3S2/c29-20(24-17-4-3-5-19(14-17)33(30,31)27-12-1-2-13-27)15-32-22-26-25-21(28(22)18-6-7-18)16-8-10-23-11-9-16/h3-5,8-11,14,18H,1-2,6-7,12-13,15H2,(H,24,29). The molecule has 11 heteroatoms. The Labute approximate surface area is 196 Å². The predicted molar refractivity (Wildman–Crippen MR) is 125 cm³/mol. The van der Waals surface area contributed by atoms with E-state index in [2.05, 4.69) is 25.1 Å². The lowest BCUT2D eigenvalue weighted by atomic mass is 10.2. The van der Waals surface area contributed by atoms with Crippen molar-refractivity contribution in [2.75, 3.05) is 24.2 Å². The Hall–Kier alpha value is -2.76. The molecule has 0 unspecified atom stereocenters. The highest BCUT2D eigenvalue weighted by Crippen LogP contribution is 2.41. The third-order valence-corrected chi connectivity index (χ3v) is 8.51. The number of carbonyl (C=O) groups is 1. The van der Waals surface area contributed by atoms with Crippen molar-refractivity contribution in [3.63, 3.8) is 0 Å². The van der Waals surface area contributed by atoms with Crippen molar-refractivity contribution >= 4 is 33.4 Å². The summed E-state index contributed by atoms with van der Waals surface area (Å²) in [6.45, 7) is 1.08. The van der Waals surface area contributed by atoms with Crippen LogP contribution in [0.15, 0.2) is 58.8 Å². The van der Waals surface area contributed by atoms with Gasteiger partial charge in [-0.25, -0.2) is 8.42 Å². The molecule has 0 bridgehead atoms. The Morgan fingerprint density at radius 2 is 1.85 bits per heavy atom. The number of rotatable bonds is 8. The van der Waals surface area contributed by atoms with Gasteiger partial charge in [-0.15, -0.1) is 10.2 Å². The van der Waals surface area contributed by atoms with Gasteiger partial charge in [0.2, 0.25) is 15.9 Å². The summed E-state index contributed by atoms with van der Waals surface area (Å²) >= 11 is 1.32. The third-order valence-electron chi connectivity index (χ3n) is 5.67. The van der Waals surface area contributed by atoms with E-state index in [0.717, 1.165) is 37.1 Å². The Morgan fingerprint density at radius 3 is 2.58 bits per heavy atom.